The summed E-state index contributed by atoms with van der Waals surface area (Å²) in [6.07, 6.45) is 0. The Balaban J connectivity index is 1.90. The van der Waals surface area contributed by atoms with Crippen LogP contribution in [0.15, 0.2) is 29.4 Å². The monoisotopic (exact) mass is 321 g/mol. The number of carbonyl (C=O) groups excluding carboxylic acids is 1. The van der Waals surface area contributed by atoms with Crippen LogP contribution in [0.5, 0.6) is 5.75 Å². The highest BCUT2D eigenvalue weighted by Crippen LogP contribution is 2.17. The first kappa shape index (κ1) is 16.4. The Labute approximate surface area is 133 Å². The third-order valence-corrected chi connectivity index (χ3v) is 3.93. The lowest BCUT2D eigenvalue weighted by Gasteiger charge is -2.06. The highest BCUT2D eigenvalue weighted by molar-refractivity contribution is 7.99. The molecule has 0 unspecified atom stereocenters. The fourth-order valence-corrected chi connectivity index (χ4v) is 2.43. The average molecular weight is 321 g/mol. The van der Waals surface area contributed by atoms with Crippen molar-refractivity contribution in [2.75, 3.05) is 12.4 Å². The Hall–Kier alpha value is -2.02. The molecule has 1 aromatic carbocycles. The third kappa shape index (κ3) is 4.49. The quantitative estimate of drug-likeness (QED) is 0.576. The molecule has 0 bridgehead atoms. The van der Waals surface area contributed by atoms with E-state index in [4.69, 9.17) is 9.47 Å². The van der Waals surface area contributed by atoms with Crippen molar-refractivity contribution >= 4 is 17.7 Å². The van der Waals surface area contributed by atoms with Gasteiger partial charge in [0.2, 0.25) is 0 Å². The number of thioether (sulfide) groups is 1. The molecule has 7 heteroatoms. The number of esters is 1. The standard InChI is InChI=1S/C15H19N3O3S/c1-4-20-14(19)10-22-15-17-16-13(18(15)3)9-21-12-7-5-11(2)6-8-12/h5-8H,4,9-10H2,1-3H3. The molecule has 0 saturated heterocycles. The number of carbonyl (C=O) groups is 1. The van der Waals surface area contributed by atoms with Gasteiger partial charge in [-0.1, -0.05) is 29.5 Å². The molecular formula is C15H19N3O3S. The first-order chi connectivity index (χ1) is 10.6. The van der Waals surface area contributed by atoms with Gasteiger partial charge in [0.05, 0.1) is 12.4 Å². The lowest BCUT2D eigenvalue weighted by molar-refractivity contribution is -0.139. The van der Waals surface area contributed by atoms with Crippen molar-refractivity contribution < 1.29 is 14.3 Å². The Bertz CT molecular complexity index is 625. The molecule has 2 rings (SSSR count). The summed E-state index contributed by atoms with van der Waals surface area (Å²) in [5.74, 6) is 1.45. The van der Waals surface area contributed by atoms with Crippen molar-refractivity contribution in [1.82, 2.24) is 14.8 Å². The maximum Gasteiger partial charge on any atom is 0.316 e. The van der Waals surface area contributed by atoms with E-state index >= 15 is 0 Å². The molecule has 118 valence electrons. The number of ether oxygens (including phenoxy) is 2. The van der Waals surface area contributed by atoms with E-state index in [1.165, 1.54) is 17.3 Å². The van der Waals surface area contributed by atoms with Crippen LogP contribution in [0.3, 0.4) is 0 Å². The zero-order chi connectivity index (χ0) is 15.9. The maximum absolute atomic E-state index is 11.3. The van der Waals surface area contributed by atoms with E-state index < -0.39 is 0 Å². The van der Waals surface area contributed by atoms with Crippen LogP contribution in [-0.4, -0.2) is 33.1 Å². The summed E-state index contributed by atoms with van der Waals surface area (Å²) in [6, 6.07) is 7.82. The summed E-state index contributed by atoms with van der Waals surface area (Å²) in [5, 5.41) is 8.81. The van der Waals surface area contributed by atoms with E-state index in [9.17, 15) is 4.79 Å². The van der Waals surface area contributed by atoms with Gasteiger partial charge in [-0.05, 0) is 26.0 Å². The summed E-state index contributed by atoms with van der Waals surface area (Å²) in [6.45, 7) is 4.52. The summed E-state index contributed by atoms with van der Waals surface area (Å²) in [5.41, 5.74) is 1.18. The van der Waals surface area contributed by atoms with Gasteiger partial charge in [0.15, 0.2) is 11.0 Å². The van der Waals surface area contributed by atoms with Crippen molar-refractivity contribution in [1.29, 1.82) is 0 Å². The molecule has 0 spiro atoms. The predicted octanol–water partition coefficient (Wildman–Crippen LogP) is 2.36. The molecule has 0 aliphatic carbocycles. The second-order valence-electron chi connectivity index (χ2n) is 4.65. The number of aromatic nitrogens is 3. The van der Waals surface area contributed by atoms with E-state index in [0.29, 0.717) is 24.2 Å². The van der Waals surface area contributed by atoms with Crippen LogP contribution < -0.4 is 4.74 Å². The second kappa shape index (κ2) is 7.84. The number of aryl methyl sites for hydroxylation is 1. The third-order valence-electron chi connectivity index (χ3n) is 2.94. The van der Waals surface area contributed by atoms with E-state index in [2.05, 4.69) is 10.2 Å². The van der Waals surface area contributed by atoms with Gasteiger partial charge < -0.3 is 14.0 Å². The van der Waals surface area contributed by atoms with Crippen LogP contribution in [0, 0.1) is 6.92 Å². The first-order valence-corrected chi connectivity index (χ1v) is 7.95. The molecule has 6 nitrogen and oxygen atoms in total. The SMILES string of the molecule is CCOC(=O)CSc1nnc(COc2ccc(C)cc2)n1C. The Kier molecular flexibility index (Phi) is 5.83. The lowest BCUT2D eigenvalue weighted by atomic mass is 10.2. The summed E-state index contributed by atoms with van der Waals surface area (Å²) in [4.78, 5) is 11.3. The predicted molar refractivity (Wildman–Crippen MR) is 83.9 cm³/mol. The first-order valence-electron chi connectivity index (χ1n) is 6.96. The fourth-order valence-electron chi connectivity index (χ4n) is 1.70. The minimum Gasteiger partial charge on any atom is -0.486 e. The minimum absolute atomic E-state index is 0.221. The zero-order valence-corrected chi connectivity index (χ0v) is 13.7. The molecule has 22 heavy (non-hydrogen) atoms. The highest BCUT2D eigenvalue weighted by atomic mass is 32.2. The van der Waals surface area contributed by atoms with Gasteiger partial charge in [0.1, 0.15) is 12.4 Å². The van der Waals surface area contributed by atoms with E-state index in [1.54, 1.807) is 6.92 Å². The fraction of sp³-hybridized carbons (Fsp3) is 0.400. The Morgan fingerprint density at radius 1 is 1.27 bits per heavy atom. The molecule has 0 fully saturated rings. The number of hydrogen-bond acceptors (Lipinski definition) is 6. The van der Waals surface area contributed by atoms with Crippen LogP contribution in [0.25, 0.3) is 0 Å². The second-order valence-corrected chi connectivity index (χ2v) is 5.60. The van der Waals surface area contributed by atoms with Crippen LogP contribution in [0.1, 0.15) is 18.3 Å². The van der Waals surface area contributed by atoms with E-state index in [0.717, 1.165) is 5.75 Å². The van der Waals surface area contributed by atoms with Gasteiger partial charge in [-0.2, -0.15) is 0 Å². The largest absolute Gasteiger partial charge is 0.486 e. The molecule has 1 heterocycles. The van der Waals surface area contributed by atoms with Gasteiger partial charge in [0.25, 0.3) is 0 Å². The number of nitrogens with zero attached hydrogens (tertiary/aromatic N) is 3. The van der Waals surface area contributed by atoms with Gasteiger partial charge >= 0.3 is 5.97 Å². The topological polar surface area (TPSA) is 66.2 Å². The maximum atomic E-state index is 11.3. The van der Waals surface area contributed by atoms with Crippen LogP contribution in [-0.2, 0) is 23.2 Å². The number of benzene rings is 1. The van der Waals surface area contributed by atoms with Crippen molar-refractivity contribution in [2.45, 2.75) is 25.6 Å². The van der Waals surface area contributed by atoms with E-state index in [-0.39, 0.29) is 11.7 Å². The molecule has 0 amide bonds. The van der Waals surface area contributed by atoms with Crippen LogP contribution in [0.2, 0.25) is 0 Å². The molecule has 0 radical (unpaired) electrons. The molecule has 0 atom stereocenters. The Morgan fingerprint density at radius 2 is 2.00 bits per heavy atom. The smallest absolute Gasteiger partial charge is 0.316 e. The molecule has 0 aliphatic rings. The summed E-state index contributed by atoms with van der Waals surface area (Å²) in [7, 11) is 1.85. The van der Waals surface area contributed by atoms with Gasteiger partial charge in [0, 0.05) is 7.05 Å². The van der Waals surface area contributed by atoms with Crippen molar-refractivity contribution in [2.24, 2.45) is 7.05 Å². The molecule has 0 N–H and O–H groups in total. The average Bonchev–Trinajstić information content (AvgIpc) is 2.85. The summed E-state index contributed by atoms with van der Waals surface area (Å²) < 4.78 is 12.4. The van der Waals surface area contributed by atoms with Gasteiger partial charge in [-0.15, -0.1) is 10.2 Å². The van der Waals surface area contributed by atoms with Crippen molar-refractivity contribution in [3.05, 3.63) is 35.7 Å². The molecular weight excluding hydrogens is 302 g/mol. The molecule has 0 aliphatic heterocycles. The lowest BCUT2D eigenvalue weighted by Crippen LogP contribution is -2.08. The molecule has 1 aromatic heterocycles. The molecule has 0 saturated carbocycles. The van der Waals surface area contributed by atoms with Crippen molar-refractivity contribution in [3.8, 4) is 5.75 Å². The highest BCUT2D eigenvalue weighted by Gasteiger charge is 2.12. The number of hydrogen-bond donors (Lipinski definition) is 0. The zero-order valence-electron chi connectivity index (χ0n) is 12.9. The van der Waals surface area contributed by atoms with Gasteiger partial charge in [-0.3, -0.25) is 4.79 Å². The van der Waals surface area contributed by atoms with Crippen LogP contribution >= 0.6 is 11.8 Å². The summed E-state index contributed by atoms with van der Waals surface area (Å²) >= 11 is 1.30. The van der Waals surface area contributed by atoms with E-state index in [1.807, 2.05) is 42.8 Å². The number of rotatable bonds is 7. The Morgan fingerprint density at radius 3 is 2.68 bits per heavy atom. The van der Waals surface area contributed by atoms with Crippen molar-refractivity contribution in [3.63, 3.8) is 0 Å². The van der Waals surface area contributed by atoms with Crippen LogP contribution in [0.4, 0.5) is 0 Å². The normalized spacial score (nSPS) is 10.5. The molecule has 2 aromatic rings. The van der Waals surface area contributed by atoms with Gasteiger partial charge in [-0.25, -0.2) is 0 Å². The minimum atomic E-state index is -0.257.